The Morgan fingerprint density at radius 3 is 0.895 bits per heavy atom. The summed E-state index contributed by atoms with van der Waals surface area (Å²) in [4.78, 5) is 86.1. The number of rotatable bonds is 28. The number of aliphatic carboxylic acids is 2. The number of hydrogen-bond donors (Lipinski definition) is 2. The third-order valence-electron chi connectivity index (χ3n) is 24.5. The number of methoxy groups -OCH3 is 1. The van der Waals surface area contributed by atoms with E-state index in [9.17, 15) is 33.6 Å². The Labute approximate surface area is 727 Å². The van der Waals surface area contributed by atoms with Crippen LogP contribution in [0.4, 0.5) is 0 Å². The molecule has 10 aliphatic rings. The third kappa shape index (κ3) is 21.1. The molecule has 646 valence electrons. The molecule has 6 heterocycles. The summed E-state index contributed by atoms with van der Waals surface area (Å²) < 4.78 is 58.9. The molecule has 4 saturated carbocycles. The second kappa shape index (κ2) is 37.6. The van der Waals surface area contributed by atoms with Crippen LogP contribution < -0.4 is 42.6 Å². The van der Waals surface area contributed by atoms with Crippen LogP contribution in [-0.4, -0.2) is 150 Å². The van der Waals surface area contributed by atoms with E-state index in [1.165, 1.54) is 23.8 Å². The summed E-state index contributed by atoms with van der Waals surface area (Å²) in [5.41, 5.74) is 19.8. The van der Waals surface area contributed by atoms with E-state index in [2.05, 4.69) is 126 Å². The van der Waals surface area contributed by atoms with Crippen LogP contribution >= 0.6 is 11.6 Å². The summed E-state index contributed by atoms with van der Waals surface area (Å²) in [6, 6.07) is 54.7. The Bertz CT molecular complexity index is 5250. The van der Waals surface area contributed by atoms with Crippen LogP contribution in [0, 0.1) is 65.2 Å². The van der Waals surface area contributed by atoms with Gasteiger partial charge in [-0.3, -0.25) is 33.6 Å². The van der Waals surface area contributed by atoms with Crippen molar-refractivity contribution in [2.75, 3.05) is 66.2 Å². The first-order valence-electron chi connectivity index (χ1n) is 43.2. The van der Waals surface area contributed by atoms with Gasteiger partial charge in [-0.1, -0.05) is 72.8 Å². The maximum atomic E-state index is 12.2. The lowest BCUT2D eigenvalue weighted by molar-refractivity contribution is -0.142. The molecule has 0 spiro atoms. The van der Waals surface area contributed by atoms with Gasteiger partial charge in [0.15, 0.2) is 0 Å². The molecule has 7 fully saturated rings. The second-order valence-corrected chi connectivity index (χ2v) is 35.1. The quantitative estimate of drug-likeness (QED) is 0.0341. The van der Waals surface area contributed by atoms with E-state index in [-0.39, 0.29) is 95.6 Å². The number of aryl methyl sites for hydroxylation is 6. The van der Waals surface area contributed by atoms with Crippen molar-refractivity contribution in [1.29, 1.82) is 0 Å². The molecule has 2 N–H and O–H groups in total. The molecule has 9 aromatic rings. The highest BCUT2D eigenvalue weighted by Crippen LogP contribution is 2.45. The van der Waals surface area contributed by atoms with Gasteiger partial charge in [0.1, 0.15) is 89.9 Å². The standard InChI is InChI=1S/C33H35NO6.2C32H33NO6.C4H5ClO/c1-20-11-27(40-28-16-34(17-28)33(36)23-7-8-23)12-21(2)32(20)24-6-4-5-22(13-24)18-38-26-9-10-29-25(14-31(35)37-3)19-39-30(29)15-26;2*1-19-10-26(39-27-15-33(16-27)32(36)22-6-7-22)11-20(2)31(19)23-5-3-4-21(12-23)17-37-25-8-9-28-24(13-30(34)35)18-38-29(28)14-25;5-4(6)3-1-2-3/h4-6,9-13,15,23,25,28H,7-8,14,16-19H2,1-3H3;2*3-5,8-12,14,22,24,27H,6-7,13,15-18H2,1-2H3,(H,34,35);3H,1-2H2/t25-;2*24-;/m111./s1. The first-order chi connectivity index (χ1) is 59.8. The van der Waals surface area contributed by atoms with Crippen molar-refractivity contribution in [3.63, 3.8) is 0 Å². The Balaban J connectivity index is 0.000000133. The summed E-state index contributed by atoms with van der Waals surface area (Å²) in [5.74, 6) is 6.59. The van der Waals surface area contributed by atoms with Gasteiger partial charge in [-0.15, -0.1) is 0 Å². The molecule has 0 bridgehead atoms. The van der Waals surface area contributed by atoms with Crippen LogP contribution in [0.3, 0.4) is 0 Å². The lowest BCUT2D eigenvalue weighted by Gasteiger charge is -2.39. The summed E-state index contributed by atoms with van der Waals surface area (Å²) >= 11 is 5.04. The SMILES string of the molecule is COC(=O)C[C@@H]1COc2cc(OCc3cccc(-c4c(C)cc(OC5CN(C(=O)C6CC6)C5)cc4C)c3)ccc21.Cc1cc(OC2CN(C(=O)C3CC3)C2)cc(C)c1-c1cccc(COc2ccc3c(c2)OC[C@H]3CC(=O)O)c1.Cc1cc(OC2CN(C(=O)C3CC3)C2)cc(C)c1-c1cccc(COc2ccc3c(c2)OC[C@H]3CC(=O)O)c1.O=C(Cl)C1CC1. The smallest absolute Gasteiger partial charge is 0.306 e. The number of carbonyl (C=O) groups excluding carboxylic acids is 5. The lowest BCUT2D eigenvalue weighted by Crippen LogP contribution is -2.56. The van der Waals surface area contributed by atoms with Crippen molar-refractivity contribution in [3.8, 4) is 85.1 Å². The fourth-order valence-electron chi connectivity index (χ4n) is 17.3. The molecule has 23 heteroatoms. The van der Waals surface area contributed by atoms with Gasteiger partial charge in [-0.05, 0) is 261 Å². The monoisotopic (exact) mass is 1700 g/mol. The first kappa shape index (κ1) is 85.5. The molecule has 0 radical (unpaired) electrons. The van der Waals surface area contributed by atoms with Gasteiger partial charge in [-0.2, -0.15) is 0 Å². The second-order valence-electron chi connectivity index (χ2n) is 34.7. The van der Waals surface area contributed by atoms with Gasteiger partial charge in [0.05, 0.1) is 85.5 Å². The predicted octanol–water partition coefficient (Wildman–Crippen LogP) is 17.7. The number of halogens is 1. The molecule has 6 aliphatic heterocycles. The van der Waals surface area contributed by atoms with Gasteiger partial charge in [-0.25, -0.2) is 0 Å². The van der Waals surface area contributed by atoms with Gasteiger partial charge >= 0.3 is 17.9 Å². The molecule has 22 nitrogen and oxygen atoms in total. The zero-order valence-electron chi connectivity index (χ0n) is 71.2. The minimum atomic E-state index is -0.823. The Hall–Kier alpha value is -12.0. The largest absolute Gasteiger partial charge is 0.492 e. The average molecular weight is 1700 g/mol. The molecule has 4 aliphatic carbocycles. The summed E-state index contributed by atoms with van der Waals surface area (Å²) in [7, 11) is 1.40. The van der Waals surface area contributed by atoms with E-state index in [0.29, 0.717) is 114 Å². The van der Waals surface area contributed by atoms with Gasteiger partial charge in [0.25, 0.3) is 0 Å². The number of esters is 1. The van der Waals surface area contributed by atoms with E-state index >= 15 is 0 Å². The molecule has 124 heavy (non-hydrogen) atoms. The lowest BCUT2D eigenvalue weighted by atomic mass is 9.94. The van der Waals surface area contributed by atoms with Gasteiger partial charge in [0, 0.05) is 76.3 Å². The zero-order chi connectivity index (χ0) is 86.6. The van der Waals surface area contributed by atoms with Crippen LogP contribution in [0.5, 0.6) is 51.7 Å². The predicted molar refractivity (Wildman–Crippen MR) is 467 cm³/mol. The molecule has 3 amide bonds. The third-order valence-corrected chi connectivity index (χ3v) is 24.8. The summed E-state index contributed by atoms with van der Waals surface area (Å²) in [6.07, 6.45) is 8.87. The van der Waals surface area contributed by atoms with E-state index in [1.54, 1.807) is 0 Å². The summed E-state index contributed by atoms with van der Waals surface area (Å²) in [5, 5.41) is 18.1. The summed E-state index contributed by atoms with van der Waals surface area (Å²) in [6.45, 7) is 19.2. The number of nitrogens with zero attached hydrogens (tertiary/aromatic N) is 3. The number of fused-ring (bicyclic) bond motifs is 3. The average Bonchev–Trinajstić information content (AvgIpc) is 1.67. The molecule has 0 aromatic heterocycles. The minimum Gasteiger partial charge on any atom is -0.492 e. The number of hydrogen-bond acceptors (Lipinski definition) is 17. The van der Waals surface area contributed by atoms with Crippen LogP contribution in [0.2, 0.25) is 0 Å². The van der Waals surface area contributed by atoms with Crippen LogP contribution in [0.1, 0.15) is 155 Å². The Morgan fingerprint density at radius 1 is 0.363 bits per heavy atom. The Kier molecular flexibility index (Phi) is 25.9. The number of likely N-dealkylation sites (tertiary alicyclic amines) is 3. The van der Waals surface area contributed by atoms with Crippen molar-refractivity contribution < 1.29 is 91.1 Å². The molecular formula is C101H106ClN3O19. The van der Waals surface area contributed by atoms with Crippen molar-refractivity contribution >= 4 is 52.5 Å². The topological polar surface area (TPSA) is 262 Å². The number of carboxylic acid groups (broad SMARTS) is 2. The van der Waals surface area contributed by atoms with Crippen LogP contribution in [0.25, 0.3) is 33.4 Å². The maximum absolute atomic E-state index is 12.2. The maximum Gasteiger partial charge on any atom is 0.306 e. The molecule has 3 atom stereocenters. The van der Waals surface area contributed by atoms with E-state index < -0.39 is 11.9 Å². The number of carboxylic acids is 2. The van der Waals surface area contributed by atoms with Crippen LogP contribution in [0.15, 0.2) is 164 Å². The Morgan fingerprint density at radius 2 is 0.645 bits per heavy atom. The number of ether oxygens (including phenoxy) is 10. The number of amides is 3. The number of benzene rings is 9. The highest BCUT2D eigenvalue weighted by Gasteiger charge is 2.43. The van der Waals surface area contributed by atoms with Crippen molar-refractivity contribution in [2.24, 2.45) is 23.7 Å². The van der Waals surface area contributed by atoms with Gasteiger partial charge in [0.2, 0.25) is 23.0 Å². The van der Waals surface area contributed by atoms with Crippen molar-refractivity contribution in [3.05, 3.63) is 231 Å². The van der Waals surface area contributed by atoms with Crippen LogP contribution in [-0.2, 0) is 58.1 Å². The first-order valence-corrected chi connectivity index (χ1v) is 43.6. The zero-order valence-corrected chi connectivity index (χ0v) is 71.9. The fourth-order valence-corrected chi connectivity index (χ4v) is 17.5. The molecule has 19 rings (SSSR count). The molecule has 0 unspecified atom stereocenters. The fraction of sp³-hybridized carbons (Fsp3) is 0.396. The highest BCUT2D eigenvalue weighted by atomic mass is 35.5. The minimum absolute atomic E-state index is 0.0105. The molecule has 3 saturated heterocycles. The van der Waals surface area contributed by atoms with Gasteiger partial charge < -0.3 is 72.3 Å². The van der Waals surface area contributed by atoms with E-state index in [0.717, 1.165) is 164 Å². The van der Waals surface area contributed by atoms with Crippen molar-refractivity contribution in [2.45, 2.75) is 168 Å². The number of carbonyl (C=O) groups is 7. The van der Waals surface area contributed by atoms with Crippen molar-refractivity contribution in [1.82, 2.24) is 14.7 Å². The molecule has 9 aromatic carbocycles. The highest BCUT2D eigenvalue weighted by molar-refractivity contribution is 6.64. The molecular weight excluding hydrogens is 1590 g/mol. The van der Waals surface area contributed by atoms with E-state index in [4.69, 9.17) is 69.2 Å². The normalized spacial score (nSPS) is 18.3. The van der Waals surface area contributed by atoms with E-state index in [1.807, 2.05) is 93.6 Å².